The number of unbranched alkanes of at least 4 members (excludes halogenated alkanes) is 13. The molecular weight excluding hydrogens is 536 g/mol. The van der Waals surface area contributed by atoms with Crippen LogP contribution in [0.2, 0.25) is 0 Å². The summed E-state index contributed by atoms with van der Waals surface area (Å²) in [5.74, 6) is 0.865. The fourth-order valence-corrected chi connectivity index (χ4v) is 5.78. The summed E-state index contributed by atoms with van der Waals surface area (Å²) in [7, 11) is 2.03. The molecule has 1 N–H and O–H groups in total. The van der Waals surface area contributed by atoms with Gasteiger partial charge in [-0.3, -0.25) is 4.79 Å². The molecule has 0 bridgehead atoms. The lowest BCUT2D eigenvalue weighted by Crippen LogP contribution is -3.00. The molecule has 0 aliphatic heterocycles. The van der Waals surface area contributed by atoms with Crippen LogP contribution in [0.25, 0.3) is 10.6 Å². The van der Waals surface area contributed by atoms with Crippen molar-refractivity contribution in [2.45, 2.75) is 103 Å². The largest absolute Gasteiger partial charge is 1.00 e. The Balaban J connectivity index is 0.00000560. The molecular formula is C34H49ClN2O2S. The summed E-state index contributed by atoms with van der Waals surface area (Å²) in [6, 6.07) is 15.9. The van der Waals surface area contributed by atoms with Crippen molar-refractivity contribution in [2.24, 2.45) is 7.05 Å². The van der Waals surface area contributed by atoms with Gasteiger partial charge in [0.25, 0.3) is 5.01 Å². The molecule has 220 valence electrons. The zero-order valence-electron chi connectivity index (χ0n) is 24.6. The van der Waals surface area contributed by atoms with E-state index >= 15 is 0 Å². The Morgan fingerprint density at radius 2 is 1.43 bits per heavy atom. The van der Waals surface area contributed by atoms with Gasteiger partial charge < -0.3 is 22.5 Å². The number of amides is 1. The van der Waals surface area contributed by atoms with Crippen LogP contribution in [-0.4, -0.2) is 12.5 Å². The Hall–Kier alpha value is -2.37. The number of halogens is 1. The second kappa shape index (κ2) is 20.5. The molecule has 1 aromatic heterocycles. The molecule has 2 aromatic carbocycles. The van der Waals surface area contributed by atoms with E-state index in [1.807, 2.05) is 55.7 Å². The van der Waals surface area contributed by atoms with E-state index in [1.165, 1.54) is 83.5 Å². The van der Waals surface area contributed by atoms with Gasteiger partial charge in [-0.15, -0.1) is 0 Å². The third-order valence-corrected chi connectivity index (χ3v) is 8.24. The van der Waals surface area contributed by atoms with Crippen LogP contribution in [0.3, 0.4) is 0 Å². The molecule has 40 heavy (non-hydrogen) atoms. The van der Waals surface area contributed by atoms with Crippen molar-refractivity contribution in [3.05, 3.63) is 65.7 Å². The number of carbonyl (C=O) groups excluding carboxylic acids is 1. The van der Waals surface area contributed by atoms with Crippen molar-refractivity contribution >= 4 is 22.9 Å². The van der Waals surface area contributed by atoms with Crippen LogP contribution in [0, 0.1) is 0 Å². The minimum atomic E-state index is -0.0150. The molecule has 1 amide bonds. The van der Waals surface area contributed by atoms with Crippen molar-refractivity contribution in [2.75, 3.05) is 11.9 Å². The first-order chi connectivity index (χ1) is 19.2. The highest BCUT2D eigenvalue weighted by Gasteiger charge is 2.12. The van der Waals surface area contributed by atoms with Gasteiger partial charge in [-0.05, 0) is 42.3 Å². The van der Waals surface area contributed by atoms with Crippen molar-refractivity contribution < 1.29 is 26.5 Å². The Labute approximate surface area is 253 Å². The molecule has 0 saturated heterocycles. The highest BCUT2D eigenvalue weighted by molar-refractivity contribution is 7.12. The summed E-state index contributed by atoms with van der Waals surface area (Å²) in [6.07, 6.45) is 21.5. The van der Waals surface area contributed by atoms with Crippen LogP contribution in [0.5, 0.6) is 5.75 Å². The number of thiazole rings is 1. The Morgan fingerprint density at radius 1 is 0.825 bits per heavy atom. The number of anilines is 1. The number of aryl methyl sites for hydroxylation is 1. The first-order valence-electron chi connectivity index (χ1n) is 15.2. The van der Waals surface area contributed by atoms with Gasteiger partial charge in [0.15, 0.2) is 6.20 Å². The maximum absolute atomic E-state index is 12.6. The van der Waals surface area contributed by atoms with Crippen LogP contribution >= 0.6 is 11.3 Å². The lowest BCUT2D eigenvalue weighted by atomic mass is 10.0. The topological polar surface area (TPSA) is 42.2 Å². The van der Waals surface area contributed by atoms with Gasteiger partial charge in [0, 0.05) is 5.69 Å². The standard InChI is InChI=1S/C34H48N2O2S.ClH/c1-3-4-5-6-7-8-9-10-11-12-13-14-15-16-25-38-32-22-20-29(21-23-32)27-33(37)35-31-19-17-18-30(28-31)34-36(2)24-26-39-34;/h17-24,26,28H,3-16,25,27H2,1-2H3;1H. The van der Waals surface area contributed by atoms with E-state index < -0.39 is 0 Å². The minimum absolute atomic E-state index is 0. The van der Waals surface area contributed by atoms with Crippen LogP contribution in [-0.2, 0) is 18.3 Å². The van der Waals surface area contributed by atoms with E-state index in [9.17, 15) is 4.79 Å². The second-order valence-electron chi connectivity index (χ2n) is 10.7. The number of benzene rings is 2. The lowest BCUT2D eigenvalue weighted by Gasteiger charge is -2.09. The van der Waals surface area contributed by atoms with Crippen LogP contribution in [0.4, 0.5) is 5.69 Å². The lowest BCUT2D eigenvalue weighted by molar-refractivity contribution is -0.655. The zero-order chi connectivity index (χ0) is 27.5. The average molecular weight is 585 g/mol. The van der Waals surface area contributed by atoms with Gasteiger partial charge >= 0.3 is 0 Å². The third-order valence-electron chi connectivity index (χ3n) is 7.23. The summed E-state index contributed by atoms with van der Waals surface area (Å²) < 4.78 is 8.02. The maximum atomic E-state index is 12.6. The maximum Gasteiger partial charge on any atom is 0.268 e. The van der Waals surface area contributed by atoms with E-state index in [4.69, 9.17) is 4.74 Å². The quantitative estimate of drug-likeness (QED) is 0.125. The number of carbonyl (C=O) groups is 1. The number of hydrogen-bond acceptors (Lipinski definition) is 3. The number of nitrogens with one attached hydrogen (secondary N) is 1. The highest BCUT2D eigenvalue weighted by atomic mass is 35.5. The summed E-state index contributed by atoms with van der Waals surface area (Å²) in [5.41, 5.74) is 2.90. The average Bonchev–Trinajstić information content (AvgIpc) is 3.37. The van der Waals surface area contributed by atoms with E-state index in [2.05, 4.69) is 28.3 Å². The summed E-state index contributed by atoms with van der Waals surface area (Å²) in [6.45, 7) is 3.04. The molecule has 0 spiro atoms. The van der Waals surface area contributed by atoms with E-state index in [0.717, 1.165) is 40.6 Å². The predicted octanol–water partition coefficient (Wildman–Crippen LogP) is 6.28. The summed E-state index contributed by atoms with van der Waals surface area (Å²) in [5, 5.41) is 6.26. The predicted molar refractivity (Wildman–Crippen MR) is 166 cm³/mol. The van der Waals surface area contributed by atoms with Crippen molar-refractivity contribution in [1.82, 2.24) is 0 Å². The molecule has 0 radical (unpaired) electrons. The van der Waals surface area contributed by atoms with Gasteiger partial charge in [0.2, 0.25) is 5.91 Å². The summed E-state index contributed by atoms with van der Waals surface area (Å²) >= 11 is 1.69. The Bertz CT molecular complexity index is 1080. The van der Waals surface area contributed by atoms with E-state index in [0.29, 0.717) is 6.42 Å². The van der Waals surface area contributed by atoms with Crippen molar-refractivity contribution in [1.29, 1.82) is 0 Å². The monoisotopic (exact) mass is 584 g/mol. The molecule has 0 atom stereocenters. The second-order valence-corrected chi connectivity index (χ2v) is 11.6. The van der Waals surface area contributed by atoms with Gasteiger partial charge in [0.1, 0.15) is 12.8 Å². The fourth-order valence-electron chi connectivity index (χ4n) is 4.92. The van der Waals surface area contributed by atoms with Gasteiger partial charge in [0.05, 0.1) is 24.0 Å². The first-order valence-corrected chi connectivity index (χ1v) is 16.1. The molecule has 6 heteroatoms. The number of rotatable bonds is 20. The smallest absolute Gasteiger partial charge is 0.268 e. The number of ether oxygens (including phenoxy) is 1. The van der Waals surface area contributed by atoms with E-state index in [-0.39, 0.29) is 18.3 Å². The van der Waals surface area contributed by atoms with Crippen LogP contribution in [0.15, 0.2) is 60.1 Å². The molecule has 0 aliphatic rings. The molecule has 3 rings (SSSR count). The number of nitrogens with zero attached hydrogens (tertiary/aromatic N) is 1. The van der Waals surface area contributed by atoms with Crippen molar-refractivity contribution in [3.8, 4) is 16.3 Å². The third kappa shape index (κ3) is 13.3. The zero-order valence-corrected chi connectivity index (χ0v) is 26.2. The number of aromatic nitrogens is 1. The van der Waals surface area contributed by atoms with Crippen LogP contribution in [0.1, 0.15) is 102 Å². The van der Waals surface area contributed by atoms with Gasteiger partial charge in [-0.25, -0.2) is 0 Å². The van der Waals surface area contributed by atoms with Gasteiger partial charge in [-0.2, -0.15) is 4.57 Å². The normalized spacial score (nSPS) is 10.8. The van der Waals surface area contributed by atoms with Gasteiger partial charge in [-0.1, -0.05) is 120 Å². The molecule has 3 aromatic rings. The Morgan fingerprint density at radius 3 is 2.00 bits per heavy atom. The fraction of sp³-hybridized carbons (Fsp3) is 0.529. The van der Waals surface area contributed by atoms with Crippen LogP contribution < -0.4 is 27.0 Å². The van der Waals surface area contributed by atoms with Crippen molar-refractivity contribution in [3.63, 3.8) is 0 Å². The molecule has 0 aliphatic carbocycles. The van der Waals surface area contributed by atoms with E-state index in [1.54, 1.807) is 11.3 Å². The molecule has 0 saturated carbocycles. The molecule has 0 fully saturated rings. The Kier molecular flexibility index (Phi) is 17.3. The minimum Gasteiger partial charge on any atom is -1.00 e. The first kappa shape index (κ1) is 33.8. The SMILES string of the molecule is CCCCCCCCCCCCCCCCOc1ccc(CC(=O)Nc2cccc(-c3scc[n+]3C)c2)cc1.[Cl-]. The molecule has 4 nitrogen and oxygen atoms in total. The number of hydrogen-bond donors (Lipinski definition) is 1. The molecule has 1 heterocycles. The summed E-state index contributed by atoms with van der Waals surface area (Å²) in [4.78, 5) is 12.6. The highest BCUT2D eigenvalue weighted by Crippen LogP contribution is 2.23. The molecule has 0 unspecified atom stereocenters.